The number of rotatable bonds is 9. The Balaban J connectivity index is 0.000000289. The summed E-state index contributed by atoms with van der Waals surface area (Å²) in [6, 6.07) is 15.0. The van der Waals surface area contributed by atoms with Crippen LogP contribution in [-0.4, -0.2) is 28.3 Å². The minimum Gasteiger partial charge on any atom is -0.399 e. The van der Waals surface area contributed by atoms with E-state index in [2.05, 4.69) is 24.5 Å². The van der Waals surface area contributed by atoms with Crippen molar-refractivity contribution in [3.05, 3.63) is 59.7 Å². The molecule has 27 heavy (non-hydrogen) atoms. The third-order valence-corrected chi connectivity index (χ3v) is 5.57. The maximum absolute atomic E-state index is 10.9. The Morgan fingerprint density at radius 2 is 1.48 bits per heavy atom. The van der Waals surface area contributed by atoms with Crippen molar-refractivity contribution in [2.45, 2.75) is 50.3 Å². The van der Waals surface area contributed by atoms with Crippen molar-refractivity contribution in [3.8, 4) is 0 Å². The van der Waals surface area contributed by atoms with E-state index in [4.69, 9.17) is 5.73 Å². The number of para-hydroxylation sites is 1. The number of sulfone groups is 1. The van der Waals surface area contributed by atoms with Gasteiger partial charge in [0, 0.05) is 11.9 Å². The monoisotopic (exact) mass is 391 g/mol. The van der Waals surface area contributed by atoms with Crippen molar-refractivity contribution < 1.29 is 13.7 Å². The van der Waals surface area contributed by atoms with Crippen molar-refractivity contribution in [1.82, 2.24) is 0 Å². The number of anilines is 1. The first-order chi connectivity index (χ1) is 12.8. The van der Waals surface area contributed by atoms with Crippen molar-refractivity contribution in [2.24, 2.45) is 0 Å². The van der Waals surface area contributed by atoms with Crippen molar-refractivity contribution in [2.75, 3.05) is 25.6 Å². The van der Waals surface area contributed by atoms with E-state index in [-0.39, 0.29) is 0 Å². The highest BCUT2D eigenvalue weighted by Crippen LogP contribution is 2.14. The molecule has 0 amide bonds. The van der Waals surface area contributed by atoms with Crippen molar-refractivity contribution in [1.29, 1.82) is 0 Å². The zero-order valence-corrected chi connectivity index (χ0v) is 17.8. The smallest absolute Gasteiger partial charge is 0.175 e. The first kappa shape index (κ1) is 23.2. The van der Waals surface area contributed by atoms with Crippen molar-refractivity contribution in [3.63, 3.8) is 0 Å². The average Bonchev–Trinajstić information content (AvgIpc) is 2.62. The van der Waals surface area contributed by atoms with Crippen LogP contribution in [0.5, 0.6) is 0 Å². The molecule has 0 aliphatic carbocycles. The molecule has 0 saturated heterocycles. The SMILES string of the molecule is C[NH2+]CCCCCCCc1ccccc1N.Cc1ccc(S(C)(=O)=O)cc1. The molecule has 2 aromatic carbocycles. The van der Waals surface area contributed by atoms with E-state index in [1.165, 1.54) is 50.5 Å². The topological polar surface area (TPSA) is 76.8 Å². The second-order valence-corrected chi connectivity index (χ2v) is 9.01. The van der Waals surface area contributed by atoms with E-state index in [0.717, 1.165) is 17.7 Å². The molecule has 2 aromatic rings. The minimum absolute atomic E-state index is 0.378. The second-order valence-electron chi connectivity index (χ2n) is 7.00. The molecule has 4 nitrogen and oxygen atoms in total. The van der Waals surface area contributed by atoms with Crippen LogP contribution in [0.3, 0.4) is 0 Å². The number of aryl methyl sites for hydroxylation is 2. The van der Waals surface area contributed by atoms with Gasteiger partial charge in [0.2, 0.25) is 0 Å². The predicted molar refractivity (Wildman–Crippen MR) is 115 cm³/mol. The molecule has 0 unspecified atom stereocenters. The van der Waals surface area contributed by atoms with Gasteiger partial charge in [-0.05, 0) is 56.4 Å². The lowest BCUT2D eigenvalue weighted by Crippen LogP contribution is -2.79. The van der Waals surface area contributed by atoms with Crippen LogP contribution in [0.4, 0.5) is 5.69 Å². The lowest BCUT2D eigenvalue weighted by atomic mass is 10.0. The highest BCUT2D eigenvalue weighted by atomic mass is 32.2. The Morgan fingerprint density at radius 3 is 2.07 bits per heavy atom. The number of hydrogen-bond acceptors (Lipinski definition) is 3. The first-order valence-electron chi connectivity index (χ1n) is 9.72. The fourth-order valence-corrected chi connectivity index (χ4v) is 3.37. The van der Waals surface area contributed by atoms with Crippen LogP contribution >= 0.6 is 0 Å². The molecule has 5 heteroatoms. The average molecular weight is 392 g/mol. The molecule has 4 N–H and O–H groups in total. The minimum atomic E-state index is -3.02. The van der Waals surface area contributed by atoms with Gasteiger partial charge in [-0.2, -0.15) is 0 Å². The lowest BCUT2D eigenvalue weighted by molar-refractivity contribution is -0.627. The van der Waals surface area contributed by atoms with Gasteiger partial charge in [-0.1, -0.05) is 48.7 Å². The summed E-state index contributed by atoms with van der Waals surface area (Å²) in [5.41, 5.74) is 9.22. The van der Waals surface area contributed by atoms with Gasteiger partial charge in [-0.15, -0.1) is 0 Å². The zero-order chi connectivity index (χ0) is 20.1. The van der Waals surface area contributed by atoms with Gasteiger partial charge in [0.1, 0.15) is 0 Å². The van der Waals surface area contributed by atoms with E-state index in [9.17, 15) is 8.42 Å². The molecule has 0 radical (unpaired) electrons. The molecule has 0 aliphatic heterocycles. The molecular formula is C22H35N2O2S+. The van der Waals surface area contributed by atoms with Gasteiger partial charge in [0.25, 0.3) is 0 Å². The lowest BCUT2D eigenvalue weighted by Gasteiger charge is -2.04. The number of hydrogen-bond donors (Lipinski definition) is 2. The molecule has 0 saturated carbocycles. The molecular weight excluding hydrogens is 356 g/mol. The number of nitrogens with two attached hydrogens (primary N) is 2. The molecule has 0 aromatic heterocycles. The van der Waals surface area contributed by atoms with E-state index in [0.29, 0.717) is 4.90 Å². The summed E-state index contributed by atoms with van der Waals surface area (Å²) in [5, 5.41) is 2.25. The maximum atomic E-state index is 10.9. The summed E-state index contributed by atoms with van der Waals surface area (Å²) < 4.78 is 21.9. The van der Waals surface area contributed by atoms with Crippen LogP contribution in [0.2, 0.25) is 0 Å². The molecule has 0 heterocycles. The van der Waals surface area contributed by atoms with Crippen LogP contribution < -0.4 is 11.1 Å². The first-order valence-corrected chi connectivity index (χ1v) is 11.6. The Hall–Kier alpha value is -1.85. The van der Waals surface area contributed by atoms with E-state index in [1.54, 1.807) is 24.3 Å². The van der Waals surface area contributed by atoms with Crippen LogP contribution in [0.25, 0.3) is 0 Å². The Labute approximate surface area is 165 Å². The Kier molecular flexibility index (Phi) is 10.8. The molecule has 2 rings (SSSR count). The number of unbranched alkanes of at least 4 members (excludes halogenated alkanes) is 4. The van der Waals surface area contributed by atoms with Gasteiger partial charge >= 0.3 is 0 Å². The van der Waals surface area contributed by atoms with Gasteiger partial charge in [0.05, 0.1) is 18.5 Å². The van der Waals surface area contributed by atoms with Crippen LogP contribution in [0.1, 0.15) is 43.2 Å². The largest absolute Gasteiger partial charge is 0.399 e. The van der Waals surface area contributed by atoms with Crippen LogP contribution in [-0.2, 0) is 16.3 Å². The normalized spacial score (nSPS) is 10.9. The highest BCUT2D eigenvalue weighted by Gasteiger charge is 2.04. The number of nitrogen functional groups attached to an aromatic ring is 1. The maximum Gasteiger partial charge on any atom is 0.175 e. The molecule has 0 fully saturated rings. The molecule has 0 aliphatic rings. The summed E-state index contributed by atoms with van der Waals surface area (Å²) in [6.45, 7) is 3.19. The van der Waals surface area contributed by atoms with Crippen LogP contribution in [0, 0.1) is 6.92 Å². The molecule has 150 valence electrons. The number of quaternary nitrogens is 1. The summed E-state index contributed by atoms with van der Waals surface area (Å²) in [7, 11) is -0.883. The quantitative estimate of drug-likeness (QED) is 0.508. The fraction of sp³-hybridized carbons (Fsp3) is 0.455. The summed E-state index contributed by atoms with van der Waals surface area (Å²) in [5.74, 6) is 0. The highest BCUT2D eigenvalue weighted by molar-refractivity contribution is 7.90. The summed E-state index contributed by atoms with van der Waals surface area (Å²) in [4.78, 5) is 0.378. The molecule has 0 bridgehead atoms. The van der Waals surface area contributed by atoms with E-state index >= 15 is 0 Å². The fourth-order valence-electron chi connectivity index (χ4n) is 2.74. The third-order valence-electron chi connectivity index (χ3n) is 4.44. The molecule has 0 spiro atoms. The standard InChI is InChI=1S/C14H24N2.C8H10O2S/c1-16-12-8-4-2-3-5-9-13-10-6-7-11-14(13)15;1-7-3-5-8(6-4-7)11(2,9)10/h6-7,10-11,16H,2-5,8-9,12,15H2,1H3;3-6H,1-2H3/p+1. The zero-order valence-electron chi connectivity index (χ0n) is 16.9. The number of benzene rings is 2. The van der Waals surface area contributed by atoms with E-state index < -0.39 is 9.84 Å². The van der Waals surface area contributed by atoms with Gasteiger partial charge in [0.15, 0.2) is 9.84 Å². The van der Waals surface area contributed by atoms with Gasteiger partial charge < -0.3 is 11.1 Å². The second kappa shape index (κ2) is 12.5. The molecule has 0 atom stereocenters. The Bertz CT molecular complexity index is 756. The Morgan fingerprint density at radius 1 is 0.889 bits per heavy atom. The summed E-state index contributed by atoms with van der Waals surface area (Å²) in [6.07, 6.45) is 9.02. The van der Waals surface area contributed by atoms with Crippen LogP contribution in [0.15, 0.2) is 53.4 Å². The predicted octanol–water partition coefficient (Wildman–Crippen LogP) is 3.35. The van der Waals surface area contributed by atoms with Crippen molar-refractivity contribution >= 4 is 15.5 Å². The summed E-state index contributed by atoms with van der Waals surface area (Å²) >= 11 is 0. The third kappa shape index (κ3) is 10.2. The van der Waals surface area contributed by atoms with Gasteiger partial charge in [-0.25, -0.2) is 8.42 Å². The van der Waals surface area contributed by atoms with Gasteiger partial charge in [-0.3, -0.25) is 0 Å². The van der Waals surface area contributed by atoms with E-state index in [1.807, 2.05) is 19.1 Å².